The fraction of sp³-hybridized carbons (Fsp3) is 0.364. The second-order valence-corrected chi connectivity index (χ2v) is 7.49. The standard InChI is InChI=1S/C22H28N2O3S/c1-17(22(26)27-2)15-24(16-18-9-5-4-6-10-18)14-13-21(25)23-19-11-7-8-12-20(19)28-3/h4-12,17H,13-16H2,1-3H3,(H,23,25). The summed E-state index contributed by atoms with van der Waals surface area (Å²) in [6, 6.07) is 17.8. The van der Waals surface area contributed by atoms with E-state index in [-0.39, 0.29) is 17.8 Å². The van der Waals surface area contributed by atoms with Gasteiger partial charge in [0.1, 0.15) is 0 Å². The van der Waals surface area contributed by atoms with Crippen LogP contribution in [0, 0.1) is 5.92 Å². The SMILES string of the molecule is COC(=O)C(C)CN(CCC(=O)Nc1ccccc1SC)Cc1ccccc1. The molecule has 0 spiro atoms. The van der Waals surface area contributed by atoms with Crippen molar-refractivity contribution >= 4 is 29.3 Å². The number of methoxy groups -OCH3 is 1. The maximum Gasteiger partial charge on any atom is 0.309 e. The Morgan fingerprint density at radius 2 is 1.79 bits per heavy atom. The van der Waals surface area contributed by atoms with Crippen LogP contribution in [0.4, 0.5) is 5.69 Å². The number of esters is 1. The van der Waals surface area contributed by atoms with Crippen molar-refractivity contribution in [1.82, 2.24) is 4.90 Å². The summed E-state index contributed by atoms with van der Waals surface area (Å²) in [6.07, 6.45) is 2.34. The van der Waals surface area contributed by atoms with E-state index in [1.807, 2.05) is 67.8 Å². The maximum atomic E-state index is 12.5. The van der Waals surface area contributed by atoms with Gasteiger partial charge in [0.25, 0.3) is 0 Å². The fourth-order valence-corrected chi connectivity index (χ4v) is 3.51. The van der Waals surface area contributed by atoms with E-state index < -0.39 is 0 Å². The Hall–Kier alpha value is -2.31. The number of ether oxygens (including phenoxy) is 1. The highest BCUT2D eigenvalue weighted by Crippen LogP contribution is 2.24. The van der Waals surface area contributed by atoms with Crippen molar-refractivity contribution in [3.8, 4) is 0 Å². The lowest BCUT2D eigenvalue weighted by Crippen LogP contribution is -2.34. The number of thioether (sulfide) groups is 1. The molecule has 1 N–H and O–H groups in total. The molecule has 1 unspecified atom stereocenters. The first-order valence-electron chi connectivity index (χ1n) is 9.30. The van der Waals surface area contributed by atoms with Crippen molar-refractivity contribution in [1.29, 1.82) is 0 Å². The van der Waals surface area contributed by atoms with E-state index in [0.29, 0.717) is 26.1 Å². The Labute approximate surface area is 171 Å². The van der Waals surface area contributed by atoms with Gasteiger partial charge in [-0.1, -0.05) is 49.4 Å². The molecule has 2 aromatic rings. The van der Waals surface area contributed by atoms with Crippen molar-refractivity contribution in [2.75, 3.05) is 31.8 Å². The molecule has 0 aliphatic heterocycles. The van der Waals surface area contributed by atoms with Gasteiger partial charge in [-0.15, -0.1) is 11.8 Å². The largest absolute Gasteiger partial charge is 0.469 e. The zero-order valence-corrected chi connectivity index (χ0v) is 17.5. The van der Waals surface area contributed by atoms with E-state index >= 15 is 0 Å². The van der Waals surface area contributed by atoms with Crippen LogP contribution in [0.25, 0.3) is 0 Å². The number of anilines is 1. The predicted octanol–water partition coefficient (Wildman–Crippen LogP) is 4.05. The molecule has 150 valence electrons. The quantitative estimate of drug-likeness (QED) is 0.482. The number of para-hydroxylation sites is 1. The highest BCUT2D eigenvalue weighted by molar-refractivity contribution is 7.98. The third-order valence-electron chi connectivity index (χ3n) is 4.42. The molecule has 0 bridgehead atoms. The molecule has 6 heteroatoms. The molecule has 0 aromatic heterocycles. The van der Waals surface area contributed by atoms with Gasteiger partial charge in [-0.05, 0) is 24.0 Å². The lowest BCUT2D eigenvalue weighted by Gasteiger charge is -2.24. The van der Waals surface area contributed by atoms with Crippen LogP contribution in [-0.4, -0.2) is 43.2 Å². The van der Waals surface area contributed by atoms with Crippen LogP contribution in [0.2, 0.25) is 0 Å². The van der Waals surface area contributed by atoms with Crippen LogP contribution in [0.1, 0.15) is 18.9 Å². The number of hydrogen-bond acceptors (Lipinski definition) is 5. The molecule has 0 saturated carbocycles. The van der Waals surface area contributed by atoms with Crippen LogP contribution < -0.4 is 5.32 Å². The Morgan fingerprint density at radius 3 is 2.46 bits per heavy atom. The molecule has 0 fully saturated rings. The second kappa shape index (κ2) is 11.5. The van der Waals surface area contributed by atoms with E-state index in [4.69, 9.17) is 4.74 Å². The van der Waals surface area contributed by atoms with Gasteiger partial charge in [-0.25, -0.2) is 0 Å². The molecule has 0 heterocycles. The lowest BCUT2D eigenvalue weighted by atomic mass is 10.1. The molecular formula is C22H28N2O3S. The topological polar surface area (TPSA) is 58.6 Å². The zero-order chi connectivity index (χ0) is 20.4. The number of nitrogens with one attached hydrogen (secondary N) is 1. The molecule has 2 aromatic carbocycles. The highest BCUT2D eigenvalue weighted by Gasteiger charge is 2.19. The Morgan fingerprint density at radius 1 is 1.11 bits per heavy atom. The molecule has 0 saturated heterocycles. The third kappa shape index (κ3) is 7.02. The van der Waals surface area contributed by atoms with E-state index in [0.717, 1.165) is 16.1 Å². The lowest BCUT2D eigenvalue weighted by molar-refractivity contribution is -0.145. The molecule has 0 aliphatic rings. The summed E-state index contributed by atoms with van der Waals surface area (Å²) >= 11 is 1.60. The van der Waals surface area contributed by atoms with Gasteiger partial charge in [0.05, 0.1) is 18.7 Å². The van der Waals surface area contributed by atoms with Crippen LogP contribution in [-0.2, 0) is 20.9 Å². The van der Waals surface area contributed by atoms with Gasteiger partial charge in [0.15, 0.2) is 0 Å². The molecule has 0 aliphatic carbocycles. The van der Waals surface area contributed by atoms with Crippen molar-refractivity contribution in [2.45, 2.75) is 24.8 Å². The number of rotatable bonds is 10. The minimum absolute atomic E-state index is 0.0368. The Kier molecular flexibility index (Phi) is 9.04. The third-order valence-corrected chi connectivity index (χ3v) is 5.22. The summed E-state index contributed by atoms with van der Waals surface area (Å²) in [4.78, 5) is 27.5. The van der Waals surface area contributed by atoms with E-state index in [1.165, 1.54) is 7.11 Å². The second-order valence-electron chi connectivity index (χ2n) is 6.64. The van der Waals surface area contributed by atoms with Crippen molar-refractivity contribution in [3.05, 3.63) is 60.2 Å². The molecule has 28 heavy (non-hydrogen) atoms. The first-order valence-corrected chi connectivity index (χ1v) is 10.5. The number of amides is 1. The summed E-state index contributed by atoms with van der Waals surface area (Å²) in [7, 11) is 1.40. The number of carbonyl (C=O) groups excluding carboxylic acids is 2. The van der Waals surface area contributed by atoms with E-state index in [1.54, 1.807) is 11.8 Å². The van der Waals surface area contributed by atoms with Crippen LogP contribution in [0.15, 0.2) is 59.5 Å². The molecule has 1 amide bonds. The molecular weight excluding hydrogens is 372 g/mol. The van der Waals surface area contributed by atoms with Gasteiger partial charge in [0, 0.05) is 31.0 Å². The number of nitrogens with zero attached hydrogens (tertiary/aromatic N) is 1. The fourth-order valence-electron chi connectivity index (χ4n) is 2.96. The average molecular weight is 401 g/mol. The number of carbonyl (C=O) groups is 2. The normalized spacial score (nSPS) is 11.9. The summed E-state index contributed by atoms with van der Waals surface area (Å²) in [6.45, 7) is 3.62. The molecule has 5 nitrogen and oxygen atoms in total. The minimum atomic E-state index is -0.256. The van der Waals surface area contributed by atoms with Crippen LogP contribution in [0.5, 0.6) is 0 Å². The zero-order valence-electron chi connectivity index (χ0n) is 16.7. The van der Waals surface area contributed by atoms with Crippen LogP contribution >= 0.6 is 11.8 Å². The highest BCUT2D eigenvalue weighted by atomic mass is 32.2. The summed E-state index contributed by atoms with van der Waals surface area (Å²) in [5.74, 6) is -0.532. The monoisotopic (exact) mass is 400 g/mol. The van der Waals surface area contributed by atoms with E-state index in [9.17, 15) is 9.59 Å². The Balaban J connectivity index is 1.98. The van der Waals surface area contributed by atoms with Crippen molar-refractivity contribution in [2.24, 2.45) is 5.92 Å². The number of hydrogen-bond donors (Lipinski definition) is 1. The van der Waals surface area contributed by atoms with Crippen molar-refractivity contribution in [3.63, 3.8) is 0 Å². The van der Waals surface area contributed by atoms with Gasteiger partial charge < -0.3 is 10.1 Å². The maximum absolute atomic E-state index is 12.5. The molecule has 2 rings (SSSR count). The number of benzene rings is 2. The van der Waals surface area contributed by atoms with Gasteiger partial charge >= 0.3 is 5.97 Å². The average Bonchev–Trinajstić information content (AvgIpc) is 2.72. The predicted molar refractivity (Wildman–Crippen MR) is 114 cm³/mol. The summed E-state index contributed by atoms with van der Waals surface area (Å²) in [5.41, 5.74) is 1.98. The Bertz CT molecular complexity index is 767. The van der Waals surface area contributed by atoms with E-state index in [2.05, 4.69) is 10.2 Å². The smallest absolute Gasteiger partial charge is 0.309 e. The molecule has 0 radical (unpaired) electrons. The summed E-state index contributed by atoms with van der Waals surface area (Å²) < 4.78 is 4.85. The van der Waals surface area contributed by atoms with Gasteiger partial charge in [-0.3, -0.25) is 14.5 Å². The van der Waals surface area contributed by atoms with Crippen LogP contribution in [0.3, 0.4) is 0 Å². The van der Waals surface area contributed by atoms with Crippen molar-refractivity contribution < 1.29 is 14.3 Å². The van der Waals surface area contributed by atoms with Gasteiger partial charge in [-0.2, -0.15) is 0 Å². The minimum Gasteiger partial charge on any atom is -0.469 e. The molecule has 1 atom stereocenters. The first-order chi connectivity index (χ1) is 13.5. The van der Waals surface area contributed by atoms with Gasteiger partial charge in [0.2, 0.25) is 5.91 Å². The summed E-state index contributed by atoms with van der Waals surface area (Å²) in [5, 5.41) is 2.99. The first kappa shape index (κ1) is 22.0.